The smallest absolute Gasteiger partial charge is 0.277 e. The molecule has 12 nitrogen and oxygen atoms in total. The minimum absolute atomic E-state index is 0.174. The first kappa shape index (κ1) is 23.2. The van der Waals surface area contributed by atoms with Crippen LogP contribution in [-0.2, 0) is 11.3 Å². The van der Waals surface area contributed by atoms with E-state index in [-0.39, 0.29) is 5.56 Å². The van der Waals surface area contributed by atoms with Crippen LogP contribution in [0.25, 0.3) is 32.6 Å². The van der Waals surface area contributed by atoms with Crippen LogP contribution < -0.4 is 15.3 Å². The molecule has 0 bridgehead atoms. The van der Waals surface area contributed by atoms with Crippen molar-refractivity contribution in [2.24, 2.45) is 0 Å². The Labute approximate surface area is 214 Å². The molecule has 5 aromatic rings. The van der Waals surface area contributed by atoms with Crippen molar-refractivity contribution < 1.29 is 14.7 Å². The minimum Gasteiger partial charge on any atom is -0.378 e. The monoisotopic (exact) mass is 517 g/mol. The summed E-state index contributed by atoms with van der Waals surface area (Å²) < 4.78 is 6.59. The number of hydrogen-bond acceptors (Lipinski definition) is 11. The fourth-order valence-electron chi connectivity index (χ4n) is 4.24. The fraction of sp³-hybridized carbons (Fsp3) is 0.250. The molecule has 1 saturated heterocycles. The fourth-order valence-corrected chi connectivity index (χ4v) is 5.40. The molecule has 0 atom stereocenters. The molecule has 4 aromatic heterocycles. The highest BCUT2D eigenvalue weighted by atomic mass is 32.1. The Balaban J connectivity index is 1.35. The van der Waals surface area contributed by atoms with E-state index in [1.807, 2.05) is 30.1 Å². The number of aromatic nitrogens is 6. The zero-order valence-corrected chi connectivity index (χ0v) is 20.7. The summed E-state index contributed by atoms with van der Waals surface area (Å²) in [6, 6.07) is 8.06. The summed E-state index contributed by atoms with van der Waals surface area (Å²) in [5.74, 6) is 1.35. The molecule has 0 saturated carbocycles. The summed E-state index contributed by atoms with van der Waals surface area (Å²) in [5.41, 5.74) is 5.36. The normalized spacial score (nSPS) is 13.8. The number of fused-ring (bicyclic) bond motifs is 2. The molecule has 1 fully saturated rings. The number of rotatable bonds is 6. The lowest BCUT2D eigenvalue weighted by atomic mass is 10.2. The number of H-pyrrole nitrogens is 1. The SMILES string of the molecule is CN(Cc1cc2nc(-c3ccc4[nH]cnc4c3)nc(N3CCOCC3)c2s1)c1ncc(C(=O)NO)cn1. The van der Waals surface area contributed by atoms with Gasteiger partial charge in [-0.25, -0.2) is 30.4 Å². The van der Waals surface area contributed by atoms with Gasteiger partial charge < -0.3 is 19.5 Å². The molecule has 13 heteroatoms. The number of nitrogens with one attached hydrogen (secondary N) is 2. The quantitative estimate of drug-likeness (QED) is 0.227. The number of hydroxylamine groups is 1. The van der Waals surface area contributed by atoms with Gasteiger partial charge >= 0.3 is 0 Å². The Bertz CT molecular complexity index is 1580. The molecule has 1 aliphatic heterocycles. The Morgan fingerprint density at radius 3 is 2.76 bits per heavy atom. The average molecular weight is 518 g/mol. The van der Waals surface area contributed by atoms with Crippen molar-refractivity contribution in [1.82, 2.24) is 35.4 Å². The van der Waals surface area contributed by atoms with Crippen molar-refractivity contribution in [3.05, 3.63) is 53.4 Å². The van der Waals surface area contributed by atoms with E-state index in [0.717, 1.165) is 50.6 Å². The van der Waals surface area contributed by atoms with Crippen LogP contribution in [0.1, 0.15) is 15.2 Å². The van der Waals surface area contributed by atoms with Crippen molar-refractivity contribution in [2.75, 3.05) is 43.2 Å². The lowest BCUT2D eigenvalue weighted by Crippen LogP contribution is -2.36. The molecule has 0 aliphatic carbocycles. The van der Waals surface area contributed by atoms with Crippen LogP contribution in [0.4, 0.5) is 11.8 Å². The Hall–Kier alpha value is -4.20. The number of carbonyl (C=O) groups excluding carboxylic acids is 1. The number of anilines is 2. The van der Waals surface area contributed by atoms with Crippen molar-refractivity contribution in [1.29, 1.82) is 0 Å². The predicted octanol–water partition coefficient (Wildman–Crippen LogP) is 2.62. The maximum Gasteiger partial charge on any atom is 0.277 e. The molecule has 1 amide bonds. The van der Waals surface area contributed by atoms with Gasteiger partial charge in [0.05, 0.1) is 52.9 Å². The van der Waals surface area contributed by atoms with Gasteiger partial charge in [0.25, 0.3) is 5.91 Å². The van der Waals surface area contributed by atoms with Gasteiger partial charge in [-0.05, 0) is 24.3 Å². The van der Waals surface area contributed by atoms with Gasteiger partial charge in [-0.3, -0.25) is 10.0 Å². The number of thiophene rings is 1. The first-order chi connectivity index (χ1) is 18.1. The Morgan fingerprint density at radius 2 is 1.97 bits per heavy atom. The minimum atomic E-state index is -0.657. The number of amides is 1. The number of benzene rings is 1. The van der Waals surface area contributed by atoms with Gasteiger partial charge in [0, 0.05) is 43.0 Å². The number of aromatic amines is 1. The van der Waals surface area contributed by atoms with Gasteiger partial charge in [0.2, 0.25) is 5.95 Å². The van der Waals surface area contributed by atoms with Gasteiger partial charge in [-0.15, -0.1) is 11.3 Å². The van der Waals surface area contributed by atoms with E-state index >= 15 is 0 Å². The van der Waals surface area contributed by atoms with Crippen molar-refractivity contribution in [2.45, 2.75) is 6.54 Å². The zero-order valence-electron chi connectivity index (χ0n) is 19.9. The second kappa shape index (κ2) is 9.69. The third-order valence-electron chi connectivity index (χ3n) is 6.13. The van der Waals surface area contributed by atoms with Gasteiger partial charge in [0.1, 0.15) is 0 Å². The van der Waals surface area contributed by atoms with E-state index in [4.69, 9.17) is 19.9 Å². The molecular formula is C24H23N9O3S. The number of hydrogen-bond donors (Lipinski definition) is 3. The lowest BCUT2D eigenvalue weighted by Gasteiger charge is -2.28. The van der Waals surface area contributed by atoms with Crippen molar-refractivity contribution in [3.8, 4) is 11.4 Å². The van der Waals surface area contributed by atoms with Gasteiger partial charge in [0.15, 0.2) is 11.6 Å². The highest BCUT2D eigenvalue weighted by Crippen LogP contribution is 2.35. The van der Waals surface area contributed by atoms with Crippen molar-refractivity contribution in [3.63, 3.8) is 0 Å². The maximum absolute atomic E-state index is 11.5. The van der Waals surface area contributed by atoms with Crippen LogP contribution in [0, 0.1) is 0 Å². The van der Waals surface area contributed by atoms with Crippen LogP contribution in [0.5, 0.6) is 0 Å². The number of morpholine rings is 1. The van der Waals surface area contributed by atoms with Crippen LogP contribution in [0.2, 0.25) is 0 Å². The molecule has 0 radical (unpaired) electrons. The molecule has 188 valence electrons. The van der Waals surface area contributed by atoms with E-state index in [9.17, 15) is 4.79 Å². The summed E-state index contributed by atoms with van der Waals surface area (Å²) in [4.78, 5) is 42.7. The first-order valence-corrected chi connectivity index (χ1v) is 12.4. The van der Waals surface area contributed by atoms with E-state index in [1.165, 1.54) is 12.4 Å². The predicted molar refractivity (Wildman–Crippen MR) is 139 cm³/mol. The van der Waals surface area contributed by atoms with E-state index in [1.54, 1.807) is 23.1 Å². The van der Waals surface area contributed by atoms with Gasteiger partial charge in [-0.2, -0.15) is 0 Å². The second-order valence-electron chi connectivity index (χ2n) is 8.60. The molecule has 1 aromatic carbocycles. The average Bonchev–Trinajstić information content (AvgIpc) is 3.58. The number of ether oxygens (including phenoxy) is 1. The maximum atomic E-state index is 11.5. The molecule has 6 rings (SSSR count). The number of carbonyl (C=O) groups is 1. The Kier molecular flexibility index (Phi) is 6.08. The largest absolute Gasteiger partial charge is 0.378 e. The van der Waals surface area contributed by atoms with Crippen LogP contribution in [-0.4, -0.2) is 74.4 Å². The standard InChI is InChI=1S/C24H23N9O3S/c1-32(24-25-10-15(11-26-24)23(34)31-35)12-16-9-19-20(37-16)22(33-4-6-36-7-5-33)30-21(29-19)14-2-3-17-18(8-14)28-13-27-17/h2-3,8-11,13,35H,4-7,12H2,1H3,(H,27,28)(H,31,34). The third kappa shape index (κ3) is 4.55. The number of nitrogens with zero attached hydrogens (tertiary/aromatic N) is 7. The summed E-state index contributed by atoms with van der Waals surface area (Å²) >= 11 is 1.64. The molecule has 1 aliphatic rings. The second-order valence-corrected chi connectivity index (χ2v) is 9.74. The molecule has 3 N–H and O–H groups in total. The molecule has 0 spiro atoms. The van der Waals surface area contributed by atoms with Gasteiger partial charge in [-0.1, -0.05) is 0 Å². The van der Waals surface area contributed by atoms with Crippen LogP contribution in [0.3, 0.4) is 0 Å². The van der Waals surface area contributed by atoms with E-state index in [0.29, 0.717) is 31.5 Å². The van der Waals surface area contributed by atoms with Crippen molar-refractivity contribution >= 4 is 50.3 Å². The third-order valence-corrected chi connectivity index (χ3v) is 7.24. The van der Waals surface area contributed by atoms with E-state index < -0.39 is 5.91 Å². The molecule has 37 heavy (non-hydrogen) atoms. The molecule has 5 heterocycles. The summed E-state index contributed by atoms with van der Waals surface area (Å²) in [7, 11) is 1.88. The zero-order chi connectivity index (χ0) is 25.4. The summed E-state index contributed by atoms with van der Waals surface area (Å²) in [6.07, 6.45) is 4.43. The molecule has 0 unspecified atom stereocenters. The highest BCUT2D eigenvalue weighted by Gasteiger charge is 2.21. The Morgan fingerprint density at radius 1 is 1.16 bits per heavy atom. The summed E-state index contributed by atoms with van der Waals surface area (Å²) in [6.45, 7) is 3.38. The van der Waals surface area contributed by atoms with Crippen LogP contribution >= 0.6 is 11.3 Å². The highest BCUT2D eigenvalue weighted by molar-refractivity contribution is 7.19. The number of imidazole rings is 1. The van der Waals surface area contributed by atoms with E-state index in [2.05, 4.69) is 30.9 Å². The molecular weight excluding hydrogens is 494 g/mol. The topological polar surface area (TPSA) is 145 Å². The first-order valence-electron chi connectivity index (χ1n) is 11.6. The summed E-state index contributed by atoms with van der Waals surface area (Å²) in [5, 5.41) is 8.79. The lowest BCUT2D eigenvalue weighted by molar-refractivity contribution is 0.0705. The van der Waals surface area contributed by atoms with Crippen LogP contribution in [0.15, 0.2) is 43.0 Å².